The number of rotatable bonds is 2. The Bertz CT molecular complexity index is 1060. The van der Waals surface area contributed by atoms with E-state index in [-0.39, 0.29) is 5.56 Å². The molecule has 23 heavy (non-hydrogen) atoms. The van der Waals surface area contributed by atoms with Crippen molar-refractivity contribution in [3.63, 3.8) is 0 Å². The number of hydrogen-bond donors (Lipinski definition) is 1. The van der Waals surface area contributed by atoms with E-state index in [1.54, 1.807) is 16.8 Å². The lowest BCUT2D eigenvalue weighted by Crippen LogP contribution is -1.98. The van der Waals surface area contributed by atoms with Crippen LogP contribution in [0.1, 0.15) is 15.9 Å². The predicted octanol–water partition coefficient (Wildman–Crippen LogP) is 3.52. The highest BCUT2D eigenvalue weighted by Crippen LogP contribution is 2.31. The number of carboxylic acids is 1. The SMILES string of the molecule is Cc1ccc(-n2c3ccc(C(=O)O)cc3c3cn(C)nc32)cc1. The Hall–Kier alpha value is -3.08. The van der Waals surface area contributed by atoms with Crippen molar-refractivity contribution >= 4 is 27.9 Å². The summed E-state index contributed by atoms with van der Waals surface area (Å²) in [5.74, 6) is -0.924. The summed E-state index contributed by atoms with van der Waals surface area (Å²) in [6.45, 7) is 2.05. The largest absolute Gasteiger partial charge is 0.478 e. The Morgan fingerprint density at radius 3 is 2.52 bits per heavy atom. The van der Waals surface area contributed by atoms with E-state index in [9.17, 15) is 9.90 Å². The lowest BCUT2D eigenvalue weighted by atomic mass is 10.1. The fraction of sp³-hybridized carbons (Fsp3) is 0.111. The summed E-state index contributed by atoms with van der Waals surface area (Å²) in [6.07, 6.45) is 1.92. The normalized spacial score (nSPS) is 11.4. The standard InChI is InChI=1S/C18H15N3O2/c1-11-3-6-13(7-4-11)21-16-8-5-12(18(22)23)9-14(16)15-10-20(2)19-17(15)21/h3-10H,1-2H3,(H,22,23). The van der Waals surface area contributed by atoms with Gasteiger partial charge in [-0.1, -0.05) is 17.7 Å². The van der Waals surface area contributed by atoms with Crippen molar-refractivity contribution in [2.24, 2.45) is 7.05 Å². The van der Waals surface area contributed by atoms with Gasteiger partial charge in [0.2, 0.25) is 0 Å². The number of aryl methyl sites for hydroxylation is 2. The van der Waals surface area contributed by atoms with Gasteiger partial charge in [-0.05, 0) is 37.3 Å². The first-order valence-corrected chi connectivity index (χ1v) is 7.33. The molecule has 0 saturated heterocycles. The monoisotopic (exact) mass is 305 g/mol. The number of carbonyl (C=O) groups is 1. The van der Waals surface area contributed by atoms with Gasteiger partial charge in [0.25, 0.3) is 0 Å². The van der Waals surface area contributed by atoms with Crippen molar-refractivity contribution in [3.05, 3.63) is 59.8 Å². The average molecular weight is 305 g/mol. The van der Waals surface area contributed by atoms with E-state index in [0.29, 0.717) is 0 Å². The van der Waals surface area contributed by atoms with Crippen molar-refractivity contribution < 1.29 is 9.90 Å². The summed E-state index contributed by atoms with van der Waals surface area (Å²) < 4.78 is 3.82. The van der Waals surface area contributed by atoms with Crippen LogP contribution in [0.25, 0.3) is 27.6 Å². The lowest BCUT2D eigenvalue weighted by molar-refractivity contribution is 0.0697. The molecule has 0 spiro atoms. The number of hydrogen-bond acceptors (Lipinski definition) is 2. The number of aromatic nitrogens is 3. The van der Waals surface area contributed by atoms with Crippen LogP contribution in [0, 0.1) is 6.92 Å². The summed E-state index contributed by atoms with van der Waals surface area (Å²) >= 11 is 0. The molecule has 2 aromatic heterocycles. The van der Waals surface area contributed by atoms with E-state index in [1.165, 1.54) is 5.56 Å². The van der Waals surface area contributed by atoms with Crippen LogP contribution >= 0.6 is 0 Å². The Morgan fingerprint density at radius 2 is 1.83 bits per heavy atom. The first-order valence-electron chi connectivity index (χ1n) is 7.33. The third-order valence-corrected chi connectivity index (χ3v) is 4.09. The molecule has 0 aliphatic heterocycles. The van der Waals surface area contributed by atoms with E-state index in [0.717, 1.165) is 27.6 Å². The van der Waals surface area contributed by atoms with Crippen LogP contribution in [0.3, 0.4) is 0 Å². The summed E-state index contributed by atoms with van der Waals surface area (Å²) in [6, 6.07) is 13.4. The van der Waals surface area contributed by atoms with Gasteiger partial charge in [-0.3, -0.25) is 9.25 Å². The zero-order valence-electron chi connectivity index (χ0n) is 12.8. The molecule has 5 nitrogen and oxygen atoms in total. The van der Waals surface area contributed by atoms with Gasteiger partial charge in [0.05, 0.1) is 11.1 Å². The molecule has 0 unspecified atom stereocenters. The minimum absolute atomic E-state index is 0.282. The van der Waals surface area contributed by atoms with Crippen LogP contribution in [0.4, 0.5) is 0 Å². The molecule has 1 N–H and O–H groups in total. The molecule has 0 saturated carbocycles. The first kappa shape index (κ1) is 13.6. The Balaban J connectivity index is 2.12. The van der Waals surface area contributed by atoms with Crippen molar-refractivity contribution in [1.82, 2.24) is 14.3 Å². The van der Waals surface area contributed by atoms with Crippen LogP contribution in [0.5, 0.6) is 0 Å². The molecule has 0 bridgehead atoms. The molecular formula is C18H15N3O2. The lowest BCUT2D eigenvalue weighted by Gasteiger charge is -2.07. The summed E-state index contributed by atoms with van der Waals surface area (Å²) in [5, 5.41) is 15.7. The van der Waals surface area contributed by atoms with Gasteiger partial charge in [0, 0.05) is 29.7 Å². The summed E-state index contributed by atoms with van der Waals surface area (Å²) in [4.78, 5) is 11.3. The smallest absolute Gasteiger partial charge is 0.335 e. The molecule has 0 amide bonds. The van der Waals surface area contributed by atoms with Crippen molar-refractivity contribution in [2.75, 3.05) is 0 Å². The van der Waals surface area contributed by atoms with Crippen LogP contribution < -0.4 is 0 Å². The van der Waals surface area contributed by atoms with Gasteiger partial charge in [-0.15, -0.1) is 0 Å². The quantitative estimate of drug-likeness (QED) is 0.616. The molecule has 2 aromatic carbocycles. The molecule has 0 atom stereocenters. The van der Waals surface area contributed by atoms with Crippen LogP contribution in [0.2, 0.25) is 0 Å². The second-order valence-electron chi connectivity index (χ2n) is 5.75. The van der Waals surface area contributed by atoms with Gasteiger partial charge in [0.15, 0.2) is 5.65 Å². The fourth-order valence-corrected chi connectivity index (χ4v) is 2.98. The molecule has 0 aliphatic rings. The third kappa shape index (κ3) is 2.01. The van der Waals surface area contributed by atoms with Crippen LogP contribution in [0.15, 0.2) is 48.7 Å². The van der Waals surface area contributed by atoms with Gasteiger partial charge < -0.3 is 5.11 Å². The second kappa shape index (κ2) is 4.71. The maximum absolute atomic E-state index is 11.3. The number of aromatic carboxylic acids is 1. The maximum Gasteiger partial charge on any atom is 0.335 e. The maximum atomic E-state index is 11.3. The van der Waals surface area contributed by atoms with Crippen molar-refractivity contribution in [2.45, 2.75) is 6.92 Å². The third-order valence-electron chi connectivity index (χ3n) is 4.09. The molecule has 0 radical (unpaired) electrons. The fourth-order valence-electron chi connectivity index (χ4n) is 2.98. The predicted molar refractivity (Wildman–Crippen MR) is 89.2 cm³/mol. The highest BCUT2D eigenvalue weighted by molar-refractivity contribution is 6.09. The first-order chi connectivity index (χ1) is 11.0. The number of carboxylic acid groups (broad SMARTS) is 1. The highest BCUT2D eigenvalue weighted by atomic mass is 16.4. The molecule has 5 heteroatoms. The van der Waals surface area contributed by atoms with Gasteiger partial charge in [-0.25, -0.2) is 4.79 Å². The van der Waals surface area contributed by atoms with E-state index in [4.69, 9.17) is 0 Å². The average Bonchev–Trinajstić information content (AvgIpc) is 3.03. The minimum atomic E-state index is -0.924. The second-order valence-corrected chi connectivity index (χ2v) is 5.75. The molecule has 4 aromatic rings. The van der Waals surface area contributed by atoms with E-state index < -0.39 is 5.97 Å². The Morgan fingerprint density at radius 1 is 1.09 bits per heavy atom. The topological polar surface area (TPSA) is 60.1 Å². The zero-order valence-corrected chi connectivity index (χ0v) is 12.8. The molecule has 4 rings (SSSR count). The Kier molecular flexibility index (Phi) is 2.78. The van der Waals surface area contributed by atoms with Crippen molar-refractivity contribution in [3.8, 4) is 5.69 Å². The van der Waals surface area contributed by atoms with Gasteiger partial charge >= 0.3 is 5.97 Å². The number of fused-ring (bicyclic) bond motifs is 3. The van der Waals surface area contributed by atoms with Crippen LogP contribution in [-0.2, 0) is 7.05 Å². The van der Waals surface area contributed by atoms with Gasteiger partial charge in [0.1, 0.15) is 0 Å². The number of benzene rings is 2. The molecule has 0 aliphatic carbocycles. The molecule has 2 heterocycles. The van der Waals surface area contributed by atoms with Gasteiger partial charge in [-0.2, -0.15) is 5.10 Å². The highest BCUT2D eigenvalue weighted by Gasteiger charge is 2.16. The number of nitrogens with zero attached hydrogens (tertiary/aromatic N) is 3. The molecular weight excluding hydrogens is 290 g/mol. The summed E-state index contributed by atoms with van der Waals surface area (Å²) in [7, 11) is 1.87. The Labute approximate surface area is 132 Å². The summed E-state index contributed by atoms with van der Waals surface area (Å²) in [5.41, 5.74) is 4.27. The van der Waals surface area contributed by atoms with E-state index in [1.807, 2.05) is 38.4 Å². The van der Waals surface area contributed by atoms with E-state index >= 15 is 0 Å². The van der Waals surface area contributed by atoms with Crippen molar-refractivity contribution in [1.29, 1.82) is 0 Å². The molecule has 0 fully saturated rings. The zero-order chi connectivity index (χ0) is 16.1. The van der Waals surface area contributed by atoms with Crippen LogP contribution in [-0.4, -0.2) is 25.4 Å². The molecule has 114 valence electrons. The van der Waals surface area contributed by atoms with E-state index in [2.05, 4.69) is 21.8 Å². The minimum Gasteiger partial charge on any atom is -0.478 e.